The summed E-state index contributed by atoms with van der Waals surface area (Å²) < 4.78 is 25.5. The van der Waals surface area contributed by atoms with E-state index in [0.29, 0.717) is 41.9 Å². The summed E-state index contributed by atoms with van der Waals surface area (Å²) in [6.45, 7) is 5.24. The molecular formula is C17H20ClFN4O2. The van der Waals surface area contributed by atoms with E-state index < -0.39 is 5.82 Å². The molecule has 8 heteroatoms. The molecule has 1 atom stereocenters. The lowest BCUT2D eigenvalue weighted by molar-refractivity contribution is -0.170. The zero-order valence-corrected chi connectivity index (χ0v) is 14.8. The maximum Gasteiger partial charge on any atom is 0.165 e. The summed E-state index contributed by atoms with van der Waals surface area (Å²) in [6.07, 6.45) is 1.28. The number of hydrogen-bond acceptors (Lipinski definition) is 6. The van der Waals surface area contributed by atoms with Crippen LogP contribution in [-0.4, -0.2) is 41.4 Å². The lowest BCUT2D eigenvalue weighted by Gasteiger charge is -2.35. The number of ether oxygens (including phenoxy) is 2. The molecule has 134 valence electrons. The first-order chi connectivity index (χ1) is 11.8. The third-order valence-electron chi connectivity index (χ3n) is 3.82. The van der Waals surface area contributed by atoms with Crippen molar-refractivity contribution in [3.05, 3.63) is 35.2 Å². The van der Waals surface area contributed by atoms with Crippen molar-refractivity contribution in [3.8, 4) is 11.3 Å². The van der Waals surface area contributed by atoms with E-state index in [-0.39, 0.29) is 17.5 Å². The molecule has 25 heavy (non-hydrogen) atoms. The summed E-state index contributed by atoms with van der Waals surface area (Å²) in [5.41, 5.74) is 6.50. The topological polar surface area (TPSA) is 82.3 Å². The van der Waals surface area contributed by atoms with Crippen LogP contribution in [0.1, 0.15) is 13.8 Å². The summed E-state index contributed by atoms with van der Waals surface area (Å²) in [4.78, 5) is 8.22. The van der Waals surface area contributed by atoms with E-state index in [2.05, 4.69) is 15.3 Å². The highest BCUT2D eigenvalue weighted by Crippen LogP contribution is 2.29. The summed E-state index contributed by atoms with van der Waals surface area (Å²) in [6, 6.07) is 4.48. The van der Waals surface area contributed by atoms with Crippen molar-refractivity contribution in [2.45, 2.75) is 25.6 Å². The highest BCUT2D eigenvalue weighted by Gasteiger charge is 2.28. The van der Waals surface area contributed by atoms with Gasteiger partial charge in [-0.15, -0.1) is 0 Å². The van der Waals surface area contributed by atoms with Crippen LogP contribution >= 0.6 is 11.6 Å². The number of anilines is 2. The highest BCUT2D eigenvalue weighted by atomic mass is 35.5. The second-order valence-electron chi connectivity index (χ2n) is 6.50. The van der Waals surface area contributed by atoms with Crippen LogP contribution in [0.15, 0.2) is 24.4 Å². The molecular weight excluding hydrogens is 347 g/mol. The first-order valence-electron chi connectivity index (χ1n) is 7.91. The number of hydrogen-bond donors (Lipinski definition) is 2. The van der Waals surface area contributed by atoms with Crippen molar-refractivity contribution >= 4 is 23.2 Å². The SMILES string of the molecule is CC1(C)COC(CNc2nc(-c3cc(N)ncc3Cl)ccc2F)CO1. The van der Waals surface area contributed by atoms with Gasteiger partial charge >= 0.3 is 0 Å². The van der Waals surface area contributed by atoms with Crippen molar-refractivity contribution in [1.82, 2.24) is 9.97 Å². The molecule has 2 aromatic rings. The van der Waals surface area contributed by atoms with Gasteiger partial charge in [0.05, 0.1) is 35.6 Å². The van der Waals surface area contributed by atoms with Gasteiger partial charge in [0, 0.05) is 18.3 Å². The number of nitrogen functional groups attached to an aromatic ring is 1. The molecule has 1 fully saturated rings. The smallest absolute Gasteiger partial charge is 0.165 e. The Morgan fingerprint density at radius 1 is 1.44 bits per heavy atom. The van der Waals surface area contributed by atoms with Crippen molar-refractivity contribution in [2.24, 2.45) is 0 Å². The van der Waals surface area contributed by atoms with E-state index in [1.165, 1.54) is 12.3 Å². The molecule has 6 nitrogen and oxygen atoms in total. The predicted molar refractivity (Wildman–Crippen MR) is 95.1 cm³/mol. The fourth-order valence-electron chi connectivity index (χ4n) is 2.42. The van der Waals surface area contributed by atoms with Crippen LogP contribution in [0.4, 0.5) is 16.0 Å². The Bertz CT molecular complexity index is 762. The molecule has 0 aliphatic carbocycles. The molecule has 1 unspecified atom stereocenters. The number of nitrogens with one attached hydrogen (secondary N) is 1. The summed E-state index contributed by atoms with van der Waals surface area (Å²) in [5.74, 6) is -0.0215. The van der Waals surface area contributed by atoms with Crippen LogP contribution in [0.25, 0.3) is 11.3 Å². The third kappa shape index (κ3) is 4.36. The molecule has 1 saturated heterocycles. The number of rotatable bonds is 4. The van der Waals surface area contributed by atoms with Gasteiger partial charge in [-0.1, -0.05) is 11.6 Å². The fourth-order valence-corrected chi connectivity index (χ4v) is 2.62. The molecule has 0 bridgehead atoms. The van der Waals surface area contributed by atoms with Crippen LogP contribution in [0.3, 0.4) is 0 Å². The highest BCUT2D eigenvalue weighted by molar-refractivity contribution is 6.33. The monoisotopic (exact) mass is 366 g/mol. The number of pyridine rings is 2. The normalized spacial score (nSPS) is 19.6. The van der Waals surface area contributed by atoms with E-state index in [0.717, 1.165) is 0 Å². The Balaban J connectivity index is 1.73. The molecule has 0 saturated carbocycles. The number of aromatic nitrogens is 2. The molecule has 0 spiro atoms. The van der Waals surface area contributed by atoms with Crippen LogP contribution in [0.2, 0.25) is 5.02 Å². The van der Waals surface area contributed by atoms with Gasteiger partial charge in [0.25, 0.3) is 0 Å². The standard InChI is InChI=1S/C17H20ClFN4O2/c1-17(2)9-24-10(8-25-17)6-22-16-13(19)3-4-14(23-16)11-5-15(20)21-7-12(11)18/h3-5,7,10H,6,8-9H2,1-2H3,(H2,20,21)(H,22,23). The second-order valence-corrected chi connectivity index (χ2v) is 6.91. The molecule has 0 radical (unpaired) electrons. The number of halogens is 2. The molecule has 0 aromatic carbocycles. The second kappa shape index (κ2) is 7.11. The Hall–Kier alpha value is -1.96. The van der Waals surface area contributed by atoms with Crippen LogP contribution in [-0.2, 0) is 9.47 Å². The van der Waals surface area contributed by atoms with Crippen molar-refractivity contribution in [2.75, 3.05) is 30.8 Å². The van der Waals surface area contributed by atoms with E-state index in [1.54, 1.807) is 12.1 Å². The maximum atomic E-state index is 14.1. The summed E-state index contributed by atoms with van der Waals surface area (Å²) in [5, 5.41) is 3.37. The molecule has 3 N–H and O–H groups in total. The zero-order valence-electron chi connectivity index (χ0n) is 14.1. The minimum absolute atomic E-state index is 0.123. The minimum atomic E-state index is -0.459. The van der Waals surface area contributed by atoms with E-state index in [9.17, 15) is 4.39 Å². The maximum absolute atomic E-state index is 14.1. The molecule has 3 heterocycles. The van der Waals surface area contributed by atoms with E-state index in [1.807, 2.05) is 13.8 Å². The lowest BCUT2D eigenvalue weighted by Crippen LogP contribution is -2.44. The van der Waals surface area contributed by atoms with Gasteiger partial charge in [-0.25, -0.2) is 14.4 Å². The van der Waals surface area contributed by atoms with Gasteiger partial charge in [0.2, 0.25) is 0 Å². The predicted octanol–water partition coefficient (Wildman–Crippen LogP) is 3.12. The Morgan fingerprint density at radius 3 is 2.96 bits per heavy atom. The Kier molecular flexibility index (Phi) is 5.08. The third-order valence-corrected chi connectivity index (χ3v) is 4.12. The van der Waals surface area contributed by atoms with Crippen LogP contribution < -0.4 is 11.1 Å². The average molecular weight is 367 g/mol. The van der Waals surface area contributed by atoms with Crippen LogP contribution in [0.5, 0.6) is 0 Å². The van der Waals surface area contributed by atoms with Crippen molar-refractivity contribution in [3.63, 3.8) is 0 Å². The van der Waals surface area contributed by atoms with Crippen molar-refractivity contribution < 1.29 is 13.9 Å². The fraction of sp³-hybridized carbons (Fsp3) is 0.412. The minimum Gasteiger partial charge on any atom is -0.384 e. The molecule has 2 aromatic heterocycles. The Labute approximate surface area is 150 Å². The zero-order chi connectivity index (χ0) is 18.0. The largest absolute Gasteiger partial charge is 0.384 e. The van der Waals surface area contributed by atoms with Gasteiger partial charge in [-0.05, 0) is 32.0 Å². The quantitative estimate of drug-likeness (QED) is 0.865. The number of nitrogens with two attached hydrogens (primary N) is 1. The summed E-state index contributed by atoms with van der Waals surface area (Å²) >= 11 is 6.14. The number of nitrogens with zero attached hydrogens (tertiary/aromatic N) is 2. The lowest BCUT2D eigenvalue weighted by atomic mass is 10.1. The molecule has 3 rings (SSSR count). The van der Waals surface area contributed by atoms with Gasteiger partial charge in [0.15, 0.2) is 11.6 Å². The van der Waals surface area contributed by atoms with Crippen molar-refractivity contribution in [1.29, 1.82) is 0 Å². The Morgan fingerprint density at radius 2 is 2.24 bits per heavy atom. The average Bonchev–Trinajstić information content (AvgIpc) is 2.57. The van der Waals surface area contributed by atoms with Gasteiger partial charge in [-0.3, -0.25) is 0 Å². The summed E-state index contributed by atoms with van der Waals surface area (Å²) in [7, 11) is 0. The molecule has 0 amide bonds. The van der Waals surface area contributed by atoms with Crippen LogP contribution in [0, 0.1) is 5.82 Å². The first-order valence-corrected chi connectivity index (χ1v) is 8.29. The first kappa shape index (κ1) is 17.8. The van der Waals surface area contributed by atoms with Gasteiger partial charge in [-0.2, -0.15) is 0 Å². The molecule has 1 aliphatic rings. The van der Waals surface area contributed by atoms with E-state index in [4.69, 9.17) is 26.8 Å². The van der Waals surface area contributed by atoms with Gasteiger partial charge < -0.3 is 20.5 Å². The van der Waals surface area contributed by atoms with E-state index >= 15 is 0 Å². The van der Waals surface area contributed by atoms with Gasteiger partial charge in [0.1, 0.15) is 5.82 Å². The molecule has 1 aliphatic heterocycles.